The molecule has 1 heterocycles. The molecule has 0 spiro atoms. The van der Waals surface area contributed by atoms with Crippen molar-refractivity contribution in [2.24, 2.45) is 0 Å². The van der Waals surface area contributed by atoms with E-state index in [1.807, 2.05) is 0 Å². The molecule has 0 saturated carbocycles. The number of aryl methyl sites for hydroxylation is 1. The Kier molecular flexibility index (Phi) is 6.46. The molecule has 4 heteroatoms. The van der Waals surface area contributed by atoms with Crippen molar-refractivity contribution in [3.63, 3.8) is 0 Å². The van der Waals surface area contributed by atoms with Gasteiger partial charge < -0.3 is 15.5 Å². The predicted molar refractivity (Wildman–Crippen MR) is 94.9 cm³/mol. The summed E-state index contributed by atoms with van der Waals surface area (Å²) < 4.78 is 0. The average Bonchev–Trinajstić information content (AvgIpc) is 2.49. The maximum absolute atomic E-state index is 5.41. The van der Waals surface area contributed by atoms with Crippen molar-refractivity contribution < 1.29 is 0 Å². The van der Waals surface area contributed by atoms with Gasteiger partial charge in [-0.1, -0.05) is 25.5 Å². The maximum atomic E-state index is 5.41. The minimum Gasteiger partial charge on any atom is -0.360 e. The van der Waals surface area contributed by atoms with E-state index in [1.165, 1.54) is 18.4 Å². The summed E-state index contributed by atoms with van der Waals surface area (Å²) in [6.07, 6.45) is 5.98. The normalized spacial score (nSPS) is 16.7. The van der Waals surface area contributed by atoms with Crippen LogP contribution >= 0.6 is 12.2 Å². The van der Waals surface area contributed by atoms with Crippen LogP contribution in [0.5, 0.6) is 0 Å². The van der Waals surface area contributed by atoms with E-state index in [4.69, 9.17) is 12.2 Å². The molecule has 1 aromatic rings. The quantitative estimate of drug-likeness (QED) is 0.815. The van der Waals surface area contributed by atoms with E-state index < -0.39 is 0 Å². The number of hydrogen-bond acceptors (Lipinski definition) is 2. The summed E-state index contributed by atoms with van der Waals surface area (Å²) in [7, 11) is 2.17. The average molecular weight is 305 g/mol. The fourth-order valence-corrected chi connectivity index (χ4v) is 2.93. The van der Waals surface area contributed by atoms with Crippen LogP contribution in [0, 0.1) is 0 Å². The van der Waals surface area contributed by atoms with Gasteiger partial charge in [-0.25, -0.2) is 0 Å². The lowest BCUT2D eigenvalue weighted by Crippen LogP contribution is -2.44. The zero-order valence-corrected chi connectivity index (χ0v) is 14.0. The summed E-state index contributed by atoms with van der Waals surface area (Å²) in [5.41, 5.74) is 2.47. The summed E-state index contributed by atoms with van der Waals surface area (Å²) in [6.45, 7) is 4.52. The van der Waals surface area contributed by atoms with Gasteiger partial charge in [0.25, 0.3) is 0 Å². The molecule has 0 amide bonds. The number of nitrogens with zero attached hydrogens (tertiary/aromatic N) is 1. The van der Waals surface area contributed by atoms with Gasteiger partial charge in [0.1, 0.15) is 0 Å². The molecule has 0 bridgehead atoms. The molecule has 0 radical (unpaired) electrons. The highest BCUT2D eigenvalue weighted by Crippen LogP contribution is 2.13. The monoisotopic (exact) mass is 305 g/mol. The van der Waals surface area contributed by atoms with Gasteiger partial charge in [0, 0.05) is 11.7 Å². The first-order valence-electron chi connectivity index (χ1n) is 8.02. The second-order valence-electron chi connectivity index (χ2n) is 5.98. The number of likely N-dealkylation sites (tertiary alicyclic amines) is 1. The lowest BCUT2D eigenvalue weighted by Gasteiger charge is -2.30. The van der Waals surface area contributed by atoms with Crippen LogP contribution < -0.4 is 10.6 Å². The smallest absolute Gasteiger partial charge is 0.170 e. The van der Waals surface area contributed by atoms with Gasteiger partial charge in [0.05, 0.1) is 0 Å². The van der Waals surface area contributed by atoms with Gasteiger partial charge in [0.2, 0.25) is 0 Å². The van der Waals surface area contributed by atoms with E-state index in [0.717, 1.165) is 43.2 Å². The Morgan fingerprint density at radius 1 is 1.24 bits per heavy atom. The Balaban J connectivity index is 1.77. The number of nitrogens with one attached hydrogen (secondary N) is 2. The number of unbranched alkanes of at least 4 members (excludes halogenated alkanes) is 1. The summed E-state index contributed by atoms with van der Waals surface area (Å²) in [5.74, 6) is 0. The van der Waals surface area contributed by atoms with Crippen LogP contribution in [0.3, 0.4) is 0 Å². The van der Waals surface area contributed by atoms with Crippen molar-refractivity contribution in [2.75, 3.05) is 25.5 Å². The topological polar surface area (TPSA) is 27.3 Å². The number of rotatable bonds is 5. The van der Waals surface area contributed by atoms with Crippen LogP contribution in [0.4, 0.5) is 5.69 Å². The first-order valence-corrected chi connectivity index (χ1v) is 8.43. The maximum Gasteiger partial charge on any atom is 0.170 e. The molecule has 116 valence electrons. The van der Waals surface area contributed by atoms with E-state index in [-0.39, 0.29) is 0 Å². The highest BCUT2D eigenvalue weighted by molar-refractivity contribution is 7.80. The van der Waals surface area contributed by atoms with Crippen molar-refractivity contribution >= 4 is 23.0 Å². The van der Waals surface area contributed by atoms with Crippen LogP contribution in [-0.2, 0) is 6.42 Å². The molecule has 0 aliphatic carbocycles. The van der Waals surface area contributed by atoms with E-state index in [9.17, 15) is 0 Å². The molecule has 0 atom stereocenters. The first kappa shape index (κ1) is 16.2. The number of hydrogen-bond donors (Lipinski definition) is 2. The third kappa shape index (κ3) is 5.64. The number of anilines is 1. The fourth-order valence-electron chi connectivity index (χ4n) is 2.64. The van der Waals surface area contributed by atoms with Crippen molar-refractivity contribution in [3.8, 4) is 0 Å². The fraction of sp³-hybridized carbons (Fsp3) is 0.588. The van der Waals surface area contributed by atoms with Gasteiger partial charge in [-0.15, -0.1) is 0 Å². The molecule has 1 aliphatic rings. The van der Waals surface area contributed by atoms with Gasteiger partial charge in [-0.3, -0.25) is 0 Å². The van der Waals surface area contributed by atoms with E-state index >= 15 is 0 Å². The molecule has 0 unspecified atom stereocenters. The van der Waals surface area contributed by atoms with Crippen molar-refractivity contribution in [1.82, 2.24) is 10.2 Å². The third-order valence-corrected chi connectivity index (χ3v) is 4.30. The summed E-state index contributed by atoms with van der Waals surface area (Å²) in [4.78, 5) is 2.36. The molecular formula is C17H27N3S. The Labute approximate surface area is 134 Å². The number of piperidine rings is 1. The molecular weight excluding hydrogens is 278 g/mol. The molecule has 21 heavy (non-hydrogen) atoms. The lowest BCUT2D eigenvalue weighted by molar-refractivity contribution is 0.247. The summed E-state index contributed by atoms with van der Waals surface area (Å²) in [6, 6.07) is 9.12. The van der Waals surface area contributed by atoms with Crippen LogP contribution in [0.25, 0.3) is 0 Å². The van der Waals surface area contributed by atoms with Crippen molar-refractivity contribution in [2.45, 2.75) is 45.1 Å². The van der Waals surface area contributed by atoms with E-state index in [1.54, 1.807) is 0 Å². The zero-order valence-electron chi connectivity index (χ0n) is 13.2. The highest BCUT2D eigenvalue weighted by atomic mass is 32.1. The third-order valence-electron chi connectivity index (χ3n) is 4.08. The first-order chi connectivity index (χ1) is 10.2. The molecule has 3 nitrogen and oxygen atoms in total. The molecule has 1 saturated heterocycles. The van der Waals surface area contributed by atoms with Gasteiger partial charge in [-0.05, 0) is 75.7 Å². The standard InChI is InChI=1S/C17H27N3S/c1-3-4-5-14-6-8-15(9-7-14)18-17(21)19-16-10-12-20(2)13-11-16/h6-9,16H,3-5,10-13H2,1-2H3,(H2,18,19,21). The largest absolute Gasteiger partial charge is 0.360 e. The van der Waals surface area contributed by atoms with Gasteiger partial charge in [0.15, 0.2) is 5.11 Å². The van der Waals surface area contributed by atoms with Crippen molar-refractivity contribution in [3.05, 3.63) is 29.8 Å². The number of benzene rings is 1. The Morgan fingerprint density at radius 3 is 2.52 bits per heavy atom. The minimum atomic E-state index is 0.505. The van der Waals surface area contributed by atoms with Crippen LogP contribution in [0.15, 0.2) is 24.3 Å². The van der Waals surface area contributed by atoms with Crippen LogP contribution in [0.1, 0.15) is 38.2 Å². The SMILES string of the molecule is CCCCc1ccc(NC(=S)NC2CCN(C)CC2)cc1. The highest BCUT2D eigenvalue weighted by Gasteiger charge is 2.16. The van der Waals surface area contributed by atoms with Gasteiger partial charge in [-0.2, -0.15) is 0 Å². The van der Waals surface area contributed by atoms with Crippen LogP contribution in [-0.4, -0.2) is 36.2 Å². The number of thiocarbonyl (C=S) groups is 1. The van der Waals surface area contributed by atoms with Crippen LogP contribution in [0.2, 0.25) is 0 Å². The summed E-state index contributed by atoms with van der Waals surface area (Å²) in [5, 5.41) is 7.46. The van der Waals surface area contributed by atoms with E-state index in [0.29, 0.717) is 6.04 Å². The second-order valence-corrected chi connectivity index (χ2v) is 6.38. The molecule has 1 aromatic carbocycles. The van der Waals surface area contributed by atoms with Gasteiger partial charge >= 0.3 is 0 Å². The zero-order chi connectivity index (χ0) is 15.1. The Morgan fingerprint density at radius 2 is 1.90 bits per heavy atom. The predicted octanol–water partition coefficient (Wildman–Crippen LogP) is 3.41. The Hall–Kier alpha value is -1.13. The minimum absolute atomic E-state index is 0.505. The van der Waals surface area contributed by atoms with E-state index in [2.05, 4.69) is 53.8 Å². The Bertz CT molecular complexity index is 436. The molecule has 1 aliphatic heterocycles. The molecule has 2 N–H and O–H groups in total. The molecule has 1 fully saturated rings. The summed E-state index contributed by atoms with van der Waals surface area (Å²) >= 11 is 5.41. The van der Waals surface area contributed by atoms with Crippen molar-refractivity contribution in [1.29, 1.82) is 0 Å². The lowest BCUT2D eigenvalue weighted by atomic mass is 10.1. The second kappa shape index (κ2) is 8.35. The molecule has 0 aromatic heterocycles. The molecule has 2 rings (SSSR count).